The summed E-state index contributed by atoms with van der Waals surface area (Å²) in [6.07, 6.45) is 3.98. The maximum absolute atomic E-state index is 12.0. The third kappa shape index (κ3) is 2.96. The molecule has 0 spiro atoms. The number of nitrogens with two attached hydrogens (primary N) is 1. The molecule has 1 amide bonds. The average molecular weight is 291 g/mol. The molecule has 0 aliphatic heterocycles. The first-order valence-electron chi connectivity index (χ1n) is 7.90. The van der Waals surface area contributed by atoms with Crippen LogP contribution in [0.3, 0.4) is 0 Å². The Balaban J connectivity index is 2.18. The number of carbonyl (C=O) groups is 1. The van der Waals surface area contributed by atoms with E-state index < -0.39 is 0 Å². The van der Waals surface area contributed by atoms with E-state index in [1.807, 2.05) is 24.3 Å². The van der Waals surface area contributed by atoms with E-state index >= 15 is 0 Å². The summed E-state index contributed by atoms with van der Waals surface area (Å²) in [5, 5.41) is 0. The quantitative estimate of drug-likeness (QED) is 0.901. The molecule has 1 atom stereocenters. The molecule has 3 rings (SSSR count). The number of benzene rings is 2. The predicted molar refractivity (Wildman–Crippen MR) is 90.2 cm³/mol. The lowest BCUT2D eigenvalue weighted by molar-refractivity contribution is -0.114. The molecule has 22 heavy (non-hydrogen) atoms. The van der Waals surface area contributed by atoms with Crippen LogP contribution in [0.1, 0.15) is 42.7 Å². The zero-order chi connectivity index (χ0) is 15.4. The predicted octanol–water partition coefficient (Wildman–Crippen LogP) is 4.28. The van der Waals surface area contributed by atoms with Gasteiger partial charge in [0.05, 0.1) is 0 Å². The van der Waals surface area contributed by atoms with E-state index in [1.165, 1.54) is 5.56 Å². The Bertz CT molecular complexity index is 673. The van der Waals surface area contributed by atoms with Gasteiger partial charge in [0, 0.05) is 11.5 Å². The first kappa shape index (κ1) is 14.6. The molecular formula is C20H21NO. The van der Waals surface area contributed by atoms with Crippen molar-refractivity contribution in [1.29, 1.82) is 0 Å². The lowest BCUT2D eigenvalue weighted by Crippen LogP contribution is -2.17. The van der Waals surface area contributed by atoms with Gasteiger partial charge in [-0.2, -0.15) is 0 Å². The average Bonchev–Trinajstić information content (AvgIpc) is 2.79. The molecule has 1 aliphatic rings. The SMILES string of the molecule is NC(=O)C1=C(c2ccccc2)C(c2ccccc2)CCCC1. The van der Waals surface area contributed by atoms with Crippen LogP contribution < -0.4 is 5.73 Å². The van der Waals surface area contributed by atoms with E-state index in [9.17, 15) is 4.79 Å². The number of primary amides is 1. The van der Waals surface area contributed by atoms with Gasteiger partial charge in [-0.05, 0) is 36.0 Å². The standard InChI is InChI=1S/C20H21NO/c21-20(22)18-14-8-7-13-17(15-9-3-1-4-10-15)19(18)16-11-5-2-6-12-16/h1-6,9-12,17H,7-8,13-14H2,(H2,21,22). The van der Waals surface area contributed by atoms with Gasteiger partial charge < -0.3 is 5.73 Å². The monoisotopic (exact) mass is 291 g/mol. The number of hydrogen-bond acceptors (Lipinski definition) is 1. The Morgan fingerprint density at radius 1 is 0.909 bits per heavy atom. The molecule has 0 fully saturated rings. The van der Waals surface area contributed by atoms with E-state index in [-0.39, 0.29) is 11.8 Å². The van der Waals surface area contributed by atoms with Crippen LogP contribution in [-0.4, -0.2) is 5.91 Å². The van der Waals surface area contributed by atoms with Crippen molar-refractivity contribution in [2.45, 2.75) is 31.6 Å². The largest absolute Gasteiger partial charge is 0.366 e. The summed E-state index contributed by atoms with van der Waals surface area (Å²) >= 11 is 0. The molecule has 2 aromatic carbocycles. The minimum absolute atomic E-state index is 0.244. The number of amides is 1. The van der Waals surface area contributed by atoms with Crippen LogP contribution in [0.2, 0.25) is 0 Å². The lowest BCUT2D eigenvalue weighted by atomic mass is 9.82. The second-order valence-corrected chi connectivity index (χ2v) is 5.83. The lowest BCUT2D eigenvalue weighted by Gasteiger charge is -2.22. The highest BCUT2D eigenvalue weighted by Crippen LogP contribution is 2.41. The van der Waals surface area contributed by atoms with Crippen molar-refractivity contribution >= 4 is 11.5 Å². The first-order chi connectivity index (χ1) is 10.8. The summed E-state index contributed by atoms with van der Waals surface area (Å²) < 4.78 is 0. The van der Waals surface area contributed by atoms with Gasteiger partial charge in [0.2, 0.25) is 5.91 Å². The fourth-order valence-electron chi connectivity index (χ4n) is 3.41. The van der Waals surface area contributed by atoms with Crippen molar-refractivity contribution in [3.05, 3.63) is 77.4 Å². The van der Waals surface area contributed by atoms with E-state index in [4.69, 9.17) is 5.73 Å². The highest BCUT2D eigenvalue weighted by atomic mass is 16.1. The van der Waals surface area contributed by atoms with Gasteiger partial charge in [-0.1, -0.05) is 67.1 Å². The Labute approximate surface area is 131 Å². The van der Waals surface area contributed by atoms with Crippen LogP contribution in [-0.2, 0) is 4.79 Å². The molecule has 2 N–H and O–H groups in total. The van der Waals surface area contributed by atoms with Crippen LogP contribution in [0.5, 0.6) is 0 Å². The van der Waals surface area contributed by atoms with Gasteiger partial charge >= 0.3 is 0 Å². The first-order valence-corrected chi connectivity index (χ1v) is 7.90. The van der Waals surface area contributed by atoms with Crippen molar-refractivity contribution in [1.82, 2.24) is 0 Å². The van der Waals surface area contributed by atoms with Crippen LogP contribution in [0, 0.1) is 0 Å². The molecule has 1 unspecified atom stereocenters. The van der Waals surface area contributed by atoms with Crippen molar-refractivity contribution in [3.63, 3.8) is 0 Å². The van der Waals surface area contributed by atoms with E-state index in [1.54, 1.807) is 0 Å². The molecule has 2 heteroatoms. The van der Waals surface area contributed by atoms with Crippen molar-refractivity contribution in [2.24, 2.45) is 5.73 Å². The summed E-state index contributed by atoms with van der Waals surface area (Å²) in [4.78, 5) is 12.0. The van der Waals surface area contributed by atoms with E-state index in [0.717, 1.165) is 42.4 Å². The Kier molecular flexibility index (Phi) is 4.38. The third-order valence-corrected chi connectivity index (χ3v) is 4.43. The molecule has 0 heterocycles. The molecule has 0 bridgehead atoms. The van der Waals surface area contributed by atoms with E-state index in [0.29, 0.717) is 0 Å². The third-order valence-electron chi connectivity index (χ3n) is 4.43. The van der Waals surface area contributed by atoms with Gasteiger partial charge in [-0.3, -0.25) is 4.79 Å². The maximum atomic E-state index is 12.0. The van der Waals surface area contributed by atoms with Gasteiger partial charge in [0.15, 0.2) is 0 Å². The molecular weight excluding hydrogens is 270 g/mol. The number of allylic oxidation sites excluding steroid dienone is 1. The van der Waals surface area contributed by atoms with Crippen LogP contribution in [0.4, 0.5) is 0 Å². The van der Waals surface area contributed by atoms with Gasteiger partial charge in [-0.25, -0.2) is 0 Å². The number of hydrogen-bond donors (Lipinski definition) is 1. The van der Waals surface area contributed by atoms with Crippen LogP contribution in [0.25, 0.3) is 5.57 Å². The zero-order valence-electron chi connectivity index (χ0n) is 12.7. The molecule has 112 valence electrons. The summed E-state index contributed by atoms with van der Waals surface area (Å²) in [6.45, 7) is 0. The highest BCUT2D eigenvalue weighted by molar-refractivity contribution is 6.01. The second kappa shape index (κ2) is 6.61. The molecule has 2 aromatic rings. The number of carbonyl (C=O) groups excluding carboxylic acids is 1. The minimum Gasteiger partial charge on any atom is -0.366 e. The minimum atomic E-state index is -0.276. The number of rotatable bonds is 3. The Morgan fingerprint density at radius 3 is 2.18 bits per heavy atom. The highest BCUT2D eigenvalue weighted by Gasteiger charge is 2.26. The topological polar surface area (TPSA) is 43.1 Å². The Hall–Kier alpha value is -2.35. The zero-order valence-corrected chi connectivity index (χ0v) is 12.7. The van der Waals surface area contributed by atoms with Crippen LogP contribution in [0.15, 0.2) is 66.2 Å². The van der Waals surface area contributed by atoms with Gasteiger partial charge in [0.1, 0.15) is 0 Å². The van der Waals surface area contributed by atoms with Crippen molar-refractivity contribution in [3.8, 4) is 0 Å². The molecule has 0 saturated carbocycles. The fourth-order valence-corrected chi connectivity index (χ4v) is 3.41. The van der Waals surface area contributed by atoms with Crippen LogP contribution >= 0.6 is 0 Å². The van der Waals surface area contributed by atoms with Gasteiger partial charge in [0.25, 0.3) is 0 Å². The molecule has 1 aliphatic carbocycles. The summed E-state index contributed by atoms with van der Waals surface area (Å²) in [7, 11) is 0. The second-order valence-electron chi connectivity index (χ2n) is 5.83. The van der Waals surface area contributed by atoms with Gasteiger partial charge in [-0.15, -0.1) is 0 Å². The van der Waals surface area contributed by atoms with Crippen molar-refractivity contribution in [2.75, 3.05) is 0 Å². The van der Waals surface area contributed by atoms with E-state index in [2.05, 4.69) is 36.4 Å². The smallest absolute Gasteiger partial charge is 0.244 e. The summed E-state index contributed by atoms with van der Waals surface area (Å²) in [5.41, 5.74) is 10.0. The molecule has 0 saturated heterocycles. The summed E-state index contributed by atoms with van der Waals surface area (Å²) in [6, 6.07) is 20.7. The summed E-state index contributed by atoms with van der Waals surface area (Å²) in [5.74, 6) is -0.0321. The maximum Gasteiger partial charge on any atom is 0.244 e. The molecule has 0 aromatic heterocycles. The molecule has 2 nitrogen and oxygen atoms in total. The molecule has 0 radical (unpaired) electrons. The van der Waals surface area contributed by atoms with Crippen molar-refractivity contribution < 1.29 is 4.79 Å². The fraction of sp³-hybridized carbons (Fsp3) is 0.250. The normalized spacial score (nSPS) is 18.8. The Morgan fingerprint density at radius 2 is 1.55 bits per heavy atom.